The van der Waals surface area contributed by atoms with Gasteiger partial charge in [-0.1, -0.05) is 121 Å². The summed E-state index contributed by atoms with van der Waals surface area (Å²) in [6.45, 7) is 0. The average Bonchev–Trinajstić information content (AvgIpc) is 3.42. The summed E-state index contributed by atoms with van der Waals surface area (Å²) in [6.07, 6.45) is 0. The van der Waals surface area contributed by atoms with E-state index in [0.29, 0.717) is 0 Å². The highest BCUT2D eigenvalue weighted by atomic mass is 16.3. The topological polar surface area (TPSA) is 25.2 Å². The first-order chi connectivity index (χ1) is 19.8. The van der Waals surface area contributed by atoms with Crippen LogP contribution in [0.2, 0.25) is 0 Å². The maximum atomic E-state index is 6.79. The van der Waals surface area contributed by atoms with Crippen molar-refractivity contribution in [2.45, 2.75) is 0 Å². The Morgan fingerprint density at radius 3 is 2.00 bits per heavy atom. The monoisotopic (exact) mass is 511 g/mol. The van der Waals surface area contributed by atoms with E-state index in [4.69, 9.17) is 4.42 Å². The lowest BCUT2D eigenvalue weighted by Crippen LogP contribution is -1.93. The Morgan fingerprint density at radius 1 is 0.400 bits per heavy atom. The van der Waals surface area contributed by atoms with Crippen molar-refractivity contribution in [2.24, 2.45) is 0 Å². The quantitative estimate of drug-likeness (QED) is 0.254. The lowest BCUT2D eigenvalue weighted by atomic mass is 9.96. The minimum atomic E-state index is 0.861. The van der Waals surface area contributed by atoms with E-state index < -0.39 is 0 Å². The second kappa shape index (κ2) is 9.14. The highest BCUT2D eigenvalue weighted by molar-refractivity contribution is 6.24. The molecule has 0 amide bonds. The van der Waals surface area contributed by atoms with Crippen LogP contribution in [0.3, 0.4) is 0 Å². The van der Waals surface area contributed by atoms with Gasteiger partial charge in [-0.05, 0) is 56.9 Å². The molecule has 0 aliphatic carbocycles. The summed E-state index contributed by atoms with van der Waals surface area (Å²) >= 11 is 0. The third-order valence-electron chi connectivity index (χ3n) is 7.83. The SMILES string of the molecule is c1ccc(-c2cc3ccccc3c3c2oc2c(Nc4ccccc4-c4ccc5ccccc5c4)cccc23)cc1. The molecule has 0 bridgehead atoms. The zero-order chi connectivity index (χ0) is 26.5. The molecule has 0 aliphatic rings. The van der Waals surface area contributed by atoms with Crippen molar-refractivity contribution in [2.75, 3.05) is 5.32 Å². The maximum absolute atomic E-state index is 6.79. The molecule has 0 fully saturated rings. The standard InChI is InChI=1S/C38H25NO/c1-2-12-26(13-3-1)33-24-28-15-6-7-17-31(28)36-32-18-10-20-35(37(32)40-38(33)36)39-34-19-9-8-16-30(34)29-22-21-25-11-4-5-14-27(25)23-29/h1-24,39H. The van der Waals surface area contributed by atoms with Crippen LogP contribution >= 0.6 is 0 Å². The van der Waals surface area contributed by atoms with Gasteiger partial charge in [0.1, 0.15) is 5.58 Å². The number of hydrogen-bond acceptors (Lipinski definition) is 2. The van der Waals surface area contributed by atoms with Gasteiger partial charge in [-0.25, -0.2) is 0 Å². The Morgan fingerprint density at radius 2 is 1.10 bits per heavy atom. The number of anilines is 2. The fourth-order valence-electron chi connectivity index (χ4n) is 5.92. The fourth-order valence-corrected chi connectivity index (χ4v) is 5.92. The molecule has 188 valence electrons. The van der Waals surface area contributed by atoms with E-state index in [9.17, 15) is 0 Å². The number of nitrogens with one attached hydrogen (secondary N) is 1. The van der Waals surface area contributed by atoms with Crippen LogP contribution in [-0.4, -0.2) is 0 Å². The molecule has 0 atom stereocenters. The van der Waals surface area contributed by atoms with Crippen molar-refractivity contribution in [1.29, 1.82) is 0 Å². The second-order valence-corrected chi connectivity index (χ2v) is 10.2. The van der Waals surface area contributed by atoms with Crippen LogP contribution < -0.4 is 5.32 Å². The number of hydrogen-bond donors (Lipinski definition) is 1. The van der Waals surface area contributed by atoms with Crippen molar-refractivity contribution >= 4 is 54.9 Å². The summed E-state index contributed by atoms with van der Waals surface area (Å²) in [5.74, 6) is 0. The van der Waals surface area contributed by atoms with E-state index in [0.717, 1.165) is 50.0 Å². The normalized spacial score (nSPS) is 11.5. The van der Waals surface area contributed by atoms with E-state index in [1.807, 2.05) is 0 Å². The van der Waals surface area contributed by atoms with Crippen LogP contribution in [-0.2, 0) is 0 Å². The van der Waals surface area contributed by atoms with E-state index in [2.05, 4.69) is 151 Å². The molecule has 0 unspecified atom stereocenters. The predicted octanol–water partition coefficient (Wildman–Crippen LogP) is 11.0. The van der Waals surface area contributed by atoms with Gasteiger partial charge in [-0.3, -0.25) is 0 Å². The smallest absolute Gasteiger partial charge is 0.158 e. The molecule has 0 saturated heterocycles. The van der Waals surface area contributed by atoms with Crippen LogP contribution in [0.5, 0.6) is 0 Å². The first kappa shape index (κ1) is 22.6. The third-order valence-corrected chi connectivity index (χ3v) is 7.83. The van der Waals surface area contributed by atoms with Crippen molar-refractivity contribution in [3.05, 3.63) is 146 Å². The summed E-state index contributed by atoms with van der Waals surface area (Å²) in [5.41, 5.74) is 8.34. The second-order valence-electron chi connectivity index (χ2n) is 10.2. The lowest BCUT2D eigenvalue weighted by molar-refractivity contribution is 0.671. The van der Waals surface area contributed by atoms with Gasteiger partial charge in [0.2, 0.25) is 0 Å². The Bertz CT molecular complexity index is 2190. The molecule has 0 saturated carbocycles. The number of benzene rings is 7. The fraction of sp³-hybridized carbons (Fsp3) is 0. The summed E-state index contributed by atoms with van der Waals surface area (Å²) < 4.78 is 6.79. The number of rotatable bonds is 4. The molecule has 1 N–H and O–H groups in total. The van der Waals surface area contributed by atoms with Crippen LogP contribution in [0.4, 0.5) is 11.4 Å². The summed E-state index contributed by atoms with van der Waals surface area (Å²) in [6, 6.07) is 51.3. The Kier molecular flexibility index (Phi) is 5.17. The Labute approximate surface area is 232 Å². The first-order valence-corrected chi connectivity index (χ1v) is 13.6. The van der Waals surface area contributed by atoms with Crippen LogP contribution in [0.25, 0.3) is 65.7 Å². The van der Waals surface area contributed by atoms with Crippen molar-refractivity contribution in [3.8, 4) is 22.3 Å². The van der Waals surface area contributed by atoms with Gasteiger partial charge >= 0.3 is 0 Å². The largest absolute Gasteiger partial charge is 0.453 e. The predicted molar refractivity (Wildman–Crippen MR) is 169 cm³/mol. The van der Waals surface area contributed by atoms with Gasteiger partial charge < -0.3 is 9.73 Å². The molecule has 2 heteroatoms. The van der Waals surface area contributed by atoms with Gasteiger partial charge in [-0.15, -0.1) is 0 Å². The maximum Gasteiger partial charge on any atom is 0.158 e. The molecule has 0 aliphatic heterocycles. The summed E-state index contributed by atoms with van der Waals surface area (Å²) in [5, 5.41) is 10.9. The van der Waals surface area contributed by atoms with Gasteiger partial charge in [0.05, 0.1) is 5.69 Å². The van der Waals surface area contributed by atoms with Crippen molar-refractivity contribution < 1.29 is 4.42 Å². The molecule has 2 nitrogen and oxygen atoms in total. The molecule has 40 heavy (non-hydrogen) atoms. The van der Waals surface area contributed by atoms with Gasteiger partial charge in [0.15, 0.2) is 5.58 Å². The van der Waals surface area contributed by atoms with Crippen LogP contribution in [0, 0.1) is 0 Å². The van der Waals surface area contributed by atoms with E-state index >= 15 is 0 Å². The van der Waals surface area contributed by atoms with E-state index in [-0.39, 0.29) is 0 Å². The molecular formula is C38H25NO. The highest BCUT2D eigenvalue weighted by Crippen LogP contribution is 2.43. The molecule has 1 aromatic heterocycles. The van der Waals surface area contributed by atoms with Gasteiger partial charge in [0.25, 0.3) is 0 Å². The minimum absolute atomic E-state index is 0.861. The summed E-state index contributed by atoms with van der Waals surface area (Å²) in [4.78, 5) is 0. The van der Waals surface area contributed by atoms with Crippen molar-refractivity contribution in [3.63, 3.8) is 0 Å². The molecular weight excluding hydrogens is 486 g/mol. The highest BCUT2D eigenvalue weighted by Gasteiger charge is 2.18. The van der Waals surface area contributed by atoms with Crippen LogP contribution in [0.15, 0.2) is 150 Å². The van der Waals surface area contributed by atoms with Gasteiger partial charge in [-0.2, -0.15) is 0 Å². The van der Waals surface area contributed by atoms with Crippen LogP contribution in [0.1, 0.15) is 0 Å². The van der Waals surface area contributed by atoms with E-state index in [1.165, 1.54) is 27.1 Å². The first-order valence-electron chi connectivity index (χ1n) is 13.6. The zero-order valence-electron chi connectivity index (χ0n) is 21.8. The van der Waals surface area contributed by atoms with E-state index in [1.54, 1.807) is 0 Å². The molecule has 1 heterocycles. The lowest BCUT2D eigenvalue weighted by Gasteiger charge is -2.13. The van der Waals surface area contributed by atoms with Gasteiger partial charge in [0, 0.05) is 27.6 Å². The minimum Gasteiger partial charge on any atom is -0.453 e. The number of furan rings is 1. The molecule has 8 aromatic rings. The number of fused-ring (bicyclic) bond motifs is 6. The zero-order valence-corrected chi connectivity index (χ0v) is 21.8. The van der Waals surface area contributed by atoms with Crippen molar-refractivity contribution in [1.82, 2.24) is 0 Å². The Hall–Kier alpha value is -5.34. The average molecular weight is 512 g/mol. The molecule has 7 aromatic carbocycles. The molecule has 8 rings (SSSR count). The molecule has 0 spiro atoms. The number of para-hydroxylation sites is 2. The summed E-state index contributed by atoms with van der Waals surface area (Å²) in [7, 11) is 0. The molecule has 0 radical (unpaired) electrons. The third kappa shape index (κ3) is 3.65. The Balaban J connectivity index is 1.33.